The van der Waals surface area contributed by atoms with Gasteiger partial charge < -0.3 is 5.73 Å². The van der Waals surface area contributed by atoms with Gasteiger partial charge in [0.15, 0.2) is 0 Å². The maximum absolute atomic E-state index is 12.3. The molecule has 2 rings (SSSR count). The minimum absolute atomic E-state index is 0.0626. The molecule has 20 heavy (non-hydrogen) atoms. The van der Waals surface area contributed by atoms with E-state index in [-0.39, 0.29) is 10.3 Å². The van der Waals surface area contributed by atoms with Crippen LogP contribution in [-0.2, 0) is 10.0 Å². The number of hydrogen-bond donors (Lipinski definition) is 2. The minimum atomic E-state index is -3.56. The van der Waals surface area contributed by atoms with Crippen molar-refractivity contribution in [2.45, 2.75) is 44.4 Å². The molecule has 1 aliphatic carbocycles. The second-order valence-electron chi connectivity index (χ2n) is 5.96. The molecule has 1 aromatic rings. The molecular formula is C14H21ClN2O2S. The van der Waals surface area contributed by atoms with Crippen molar-refractivity contribution in [1.82, 2.24) is 4.72 Å². The van der Waals surface area contributed by atoms with E-state index in [9.17, 15) is 8.42 Å². The highest BCUT2D eigenvalue weighted by molar-refractivity contribution is 7.89. The SMILES string of the molecule is Cc1c(N)cc(S(=O)(=O)NCC2(C)CCCC2)cc1Cl. The predicted molar refractivity (Wildman–Crippen MR) is 82.4 cm³/mol. The Hall–Kier alpha value is -0.780. The van der Waals surface area contributed by atoms with Crippen LogP contribution in [0, 0.1) is 12.3 Å². The molecule has 112 valence electrons. The minimum Gasteiger partial charge on any atom is -0.398 e. The van der Waals surface area contributed by atoms with Crippen molar-refractivity contribution in [3.63, 3.8) is 0 Å². The fourth-order valence-electron chi connectivity index (χ4n) is 2.59. The van der Waals surface area contributed by atoms with Crippen molar-refractivity contribution in [3.8, 4) is 0 Å². The molecular weight excluding hydrogens is 296 g/mol. The molecule has 1 aliphatic rings. The van der Waals surface area contributed by atoms with Crippen LogP contribution >= 0.6 is 11.6 Å². The van der Waals surface area contributed by atoms with Crippen LogP contribution in [0.2, 0.25) is 5.02 Å². The van der Waals surface area contributed by atoms with Gasteiger partial charge in [-0.1, -0.05) is 31.4 Å². The summed E-state index contributed by atoms with van der Waals surface area (Å²) in [5.74, 6) is 0. The number of anilines is 1. The van der Waals surface area contributed by atoms with E-state index in [1.807, 2.05) is 0 Å². The van der Waals surface area contributed by atoms with E-state index in [2.05, 4.69) is 11.6 Å². The third kappa shape index (κ3) is 3.27. The predicted octanol–water partition coefficient (Wildman–Crippen LogP) is 3.09. The van der Waals surface area contributed by atoms with Gasteiger partial charge in [-0.25, -0.2) is 13.1 Å². The Labute approximate surface area is 125 Å². The highest BCUT2D eigenvalue weighted by Crippen LogP contribution is 2.37. The van der Waals surface area contributed by atoms with Crippen molar-refractivity contribution in [2.24, 2.45) is 5.41 Å². The molecule has 0 aliphatic heterocycles. The van der Waals surface area contributed by atoms with Crippen molar-refractivity contribution >= 4 is 27.3 Å². The molecule has 0 radical (unpaired) electrons. The summed E-state index contributed by atoms with van der Waals surface area (Å²) in [4.78, 5) is 0.132. The molecule has 1 fully saturated rings. The van der Waals surface area contributed by atoms with Crippen LogP contribution in [-0.4, -0.2) is 15.0 Å². The van der Waals surface area contributed by atoms with Crippen LogP contribution in [0.3, 0.4) is 0 Å². The first-order valence-electron chi connectivity index (χ1n) is 6.79. The molecule has 0 aromatic heterocycles. The van der Waals surface area contributed by atoms with Crippen molar-refractivity contribution in [2.75, 3.05) is 12.3 Å². The Kier molecular flexibility index (Phi) is 4.33. The smallest absolute Gasteiger partial charge is 0.240 e. The second kappa shape index (κ2) is 5.54. The van der Waals surface area contributed by atoms with E-state index in [4.69, 9.17) is 17.3 Å². The first-order valence-corrected chi connectivity index (χ1v) is 8.65. The number of nitrogen functional groups attached to an aromatic ring is 1. The lowest BCUT2D eigenvalue weighted by atomic mass is 9.89. The first kappa shape index (κ1) is 15.6. The number of halogens is 1. The van der Waals surface area contributed by atoms with Gasteiger partial charge in [-0.15, -0.1) is 0 Å². The van der Waals surface area contributed by atoms with Gasteiger partial charge in [-0.05, 0) is 42.9 Å². The molecule has 3 N–H and O–H groups in total. The zero-order chi connectivity index (χ0) is 15.0. The quantitative estimate of drug-likeness (QED) is 0.838. The molecule has 0 heterocycles. The van der Waals surface area contributed by atoms with E-state index in [0.717, 1.165) is 12.8 Å². The molecule has 4 nitrogen and oxygen atoms in total. The maximum atomic E-state index is 12.3. The van der Waals surface area contributed by atoms with Gasteiger partial charge in [0.25, 0.3) is 0 Å². The summed E-state index contributed by atoms with van der Waals surface area (Å²) in [6.07, 6.45) is 4.46. The van der Waals surface area contributed by atoms with Crippen LogP contribution < -0.4 is 10.5 Å². The van der Waals surface area contributed by atoms with Crippen LogP contribution in [0.1, 0.15) is 38.2 Å². The van der Waals surface area contributed by atoms with Gasteiger partial charge in [-0.2, -0.15) is 0 Å². The Morgan fingerprint density at radius 1 is 1.35 bits per heavy atom. The third-order valence-electron chi connectivity index (χ3n) is 4.17. The molecule has 0 spiro atoms. The van der Waals surface area contributed by atoms with Crippen LogP contribution in [0.4, 0.5) is 5.69 Å². The molecule has 0 amide bonds. The summed E-state index contributed by atoms with van der Waals surface area (Å²) >= 11 is 6.01. The van der Waals surface area contributed by atoms with Gasteiger partial charge in [0.05, 0.1) is 4.90 Å². The average Bonchev–Trinajstić information content (AvgIpc) is 2.81. The monoisotopic (exact) mass is 316 g/mol. The maximum Gasteiger partial charge on any atom is 0.240 e. The number of sulfonamides is 1. The van der Waals surface area contributed by atoms with Gasteiger partial charge in [0.2, 0.25) is 10.0 Å². The summed E-state index contributed by atoms with van der Waals surface area (Å²) in [7, 11) is -3.56. The van der Waals surface area contributed by atoms with Crippen molar-refractivity contribution in [3.05, 3.63) is 22.7 Å². The molecule has 0 unspecified atom stereocenters. The van der Waals surface area contributed by atoms with Gasteiger partial charge in [0, 0.05) is 17.3 Å². The Balaban J connectivity index is 2.18. The lowest BCUT2D eigenvalue weighted by Crippen LogP contribution is -2.34. The van der Waals surface area contributed by atoms with Crippen LogP contribution in [0.5, 0.6) is 0 Å². The molecule has 0 bridgehead atoms. The summed E-state index contributed by atoms with van der Waals surface area (Å²) < 4.78 is 27.3. The zero-order valence-electron chi connectivity index (χ0n) is 11.9. The number of rotatable bonds is 4. The fourth-order valence-corrected chi connectivity index (χ4v) is 4.14. The van der Waals surface area contributed by atoms with E-state index < -0.39 is 10.0 Å². The number of benzene rings is 1. The molecule has 1 saturated carbocycles. The Morgan fingerprint density at radius 2 is 1.95 bits per heavy atom. The topological polar surface area (TPSA) is 72.2 Å². The van der Waals surface area contributed by atoms with Gasteiger partial charge in [-0.3, -0.25) is 0 Å². The highest BCUT2D eigenvalue weighted by atomic mass is 35.5. The third-order valence-corrected chi connectivity index (χ3v) is 5.94. The van der Waals surface area contributed by atoms with Crippen LogP contribution in [0.15, 0.2) is 17.0 Å². The second-order valence-corrected chi connectivity index (χ2v) is 8.14. The van der Waals surface area contributed by atoms with Crippen molar-refractivity contribution in [1.29, 1.82) is 0 Å². The van der Waals surface area contributed by atoms with E-state index in [0.29, 0.717) is 22.8 Å². The van der Waals surface area contributed by atoms with Crippen LogP contribution in [0.25, 0.3) is 0 Å². The van der Waals surface area contributed by atoms with E-state index in [1.165, 1.54) is 25.0 Å². The molecule has 0 saturated heterocycles. The lowest BCUT2D eigenvalue weighted by Gasteiger charge is -2.23. The lowest BCUT2D eigenvalue weighted by molar-refractivity contribution is 0.336. The standard InChI is InChI=1S/C14H21ClN2O2S/c1-10-12(15)7-11(8-13(10)16)20(18,19)17-9-14(2)5-3-4-6-14/h7-8,17H,3-6,9,16H2,1-2H3. The zero-order valence-corrected chi connectivity index (χ0v) is 13.4. The normalized spacial score (nSPS) is 18.4. The summed E-state index contributed by atoms with van der Waals surface area (Å²) in [6, 6.07) is 2.91. The van der Waals surface area contributed by atoms with E-state index in [1.54, 1.807) is 6.92 Å². The number of hydrogen-bond acceptors (Lipinski definition) is 3. The number of nitrogens with two attached hydrogens (primary N) is 1. The van der Waals surface area contributed by atoms with Gasteiger partial charge in [0.1, 0.15) is 0 Å². The van der Waals surface area contributed by atoms with Gasteiger partial charge >= 0.3 is 0 Å². The summed E-state index contributed by atoms with van der Waals surface area (Å²) in [5, 5.41) is 0.373. The number of nitrogens with one attached hydrogen (secondary N) is 1. The fraction of sp³-hybridized carbons (Fsp3) is 0.571. The largest absolute Gasteiger partial charge is 0.398 e. The first-order chi connectivity index (χ1) is 9.23. The molecule has 1 aromatic carbocycles. The van der Waals surface area contributed by atoms with Crippen molar-refractivity contribution < 1.29 is 8.42 Å². The molecule has 0 atom stereocenters. The Morgan fingerprint density at radius 3 is 2.50 bits per heavy atom. The molecule has 6 heteroatoms. The summed E-state index contributed by atoms with van der Waals surface area (Å²) in [5.41, 5.74) is 6.94. The Bertz CT molecular complexity index is 585. The average molecular weight is 317 g/mol. The highest BCUT2D eigenvalue weighted by Gasteiger charge is 2.30. The van der Waals surface area contributed by atoms with E-state index >= 15 is 0 Å². The summed E-state index contributed by atoms with van der Waals surface area (Å²) in [6.45, 7) is 4.35.